The van der Waals surface area contributed by atoms with Crippen molar-refractivity contribution in [3.63, 3.8) is 0 Å². The Labute approximate surface area is 267 Å². The van der Waals surface area contributed by atoms with E-state index in [1.807, 2.05) is 37.3 Å². The number of epoxide rings is 1. The quantitative estimate of drug-likeness (QED) is 0.141. The van der Waals surface area contributed by atoms with Crippen molar-refractivity contribution < 1.29 is 20.1 Å². The molecular weight excluding hydrogens is 544 g/mol. The summed E-state index contributed by atoms with van der Waals surface area (Å²) < 4.78 is 6.24. The lowest BCUT2D eigenvalue weighted by Crippen LogP contribution is -2.46. The average molecular weight is 601 g/mol. The molecular formula is C40H56O4. The van der Waals surface area contributed by atoms with Crippen LogP contribution in [0.5, 0.6) is 0 Å². The van der Waals surface area contributed by atoms with E-state index < -0.39 is 11.7 Å². The van der Waals surface area contributed by atoms with Crippen LogP contribution in [-0.2, 0) is 4.74 Å². The molecule has 4 nitrogen and oxygen atoms in total. The topological polar surface area (TPSA) is 73.2 Å². The van der Waals surface area contributed by atoms with Crippen LogP contribution in [0.1, 0.15) is 94.9 Å². The minimum Gasteiger partial charge on any atom is -0.393 e. The van der Waals surface area contributed by atoms with Gasteiger partial charge in [-0.2, -0.15) is 0 Å². The van der Waals surface area contributed by atoms with E-state index in [0.29, 0.717) is 19.3 Å². The van der Waals surface area contributed by atoms with Crippen molar-refractivity contribution in [1.82, 2.24) is 0 Å². The SMILES string of the molecule is CC(=C/C=C/C(C)=C/C=C/C=C(C)/C=C/C=C(\C)C=C=C1C(C)(C)CC(O)CC1(C)O)/C=C/C12OC1(C)CC(O)CC2(C)C. The summed E-state index contributed by atoms with van der Waals surface area (Å²) in [6.45, 7) is 20.6. The average Bonchev–Trinajstić information content (AvgIpc) is 3.49. The van der Waals surface area contributed by atoms with Gasteiger partial charge >= 0.3 is 0 Å². The standard InChI is InChI=1S/C40H56O4/c1-29(17-13-19-31(3)21-22-35-36(5,6)25-33(41)27-38(35,9)43)15-11-12-16-30(2)18-14-20-32(4)23-24-40-37(7,8)26-34(42)28-39(40,10)44-40/h11-21,23-24,33-34,41-43H,25-28H2,1-10H3/b12-11+,17-13+,18-14+,24-23+,29-15+,30-16+,31-19+,32-20-. The van der Waals surface area contributed by atoms with Gasteiger partial charge in [0, 0.05) is 23.8 Å². The molecule has 1 saturated heterocycles. The summed E-state index contributed by atoms with van der Waals surface area (Å²) >= 11 is 0. The van der Waals surface area contributed by atoms with Crippen LogP contribution in [-0.4, -0.2) is 44.3 Å². The molecule has 2 aliphatic carbocycles. The number of ether oxygens (including phenoxy) is 1. The summed E-state index contributed by atoms with van der Waals surface area (Å²) in [7, 11) is 0. The van der Waals surface area contributed by atoms with Crippen molar-refractivity contribution in [3.05, 3.63) is 113 Å². The molecule has 0 spiro atoms. The van der Waals surface area contributed by atoms with E-state index in [0.717, 1.165) is 34.3 Å². The first-order valence-electron chi connectivity index (χ1n) is 16.0. The molecule has 240 valence electrons. The Balaban J connectivity index is 1.53. The van der Waals surface area contributed by atoms with Gasteiger partial charge < -0.3 is 20.1 Å². The molecule has 0 radical (unpaired) electrons. The van der Waals surface area contributed by atoms with Gasteiger partial charge in [-0.3, -0.25) is 0 Å². The minimum absolute atomic E-state index is 0.103. The second-order valence-electron chi connectivity index (χ2n) is 15.0. The van der Waals surface area contributed by atoms with Gasteiger partial charge in [-0.25, -0.2) is 0 Å². The highest BCUT2D eigenvalue weighted by molar-refractivity contribution is 5.37. The van der Waals surface area contributed by atoms with Crippen molar-refractivity contribution in [2.24, 2.45) is 10.8 Å². The van der Waals surface area contributed by atoms with Gasteiger partial charge in [-0.15, -0.1) is 5.73 Å². The van der Waals surface area contributed by atoms with Gasteiger partial charge in [0.25, 0.3) is 0 Å². The Morgan fingerprint density at radius 3 is 1.73 bits per heavy atom. The van der Waals surface area contributed by atoms with Gasteiger partial charge in [0.1, 0.15) is 11.2 Å². The molecule has 3 rings (SSSR count). The molecule has 0 aromatic heterocycles. The molecule has 3 aliphatic rings. The number of fused-ring (bicyclic) bond motifs is 1. The molecule has 2 saturated carbocycles. The molecule has 0 amide bonds. The van der Waals surface area contributed by atoms with E-state index in [-0.39, 0.29) is 28.1 Å². The first-order chi connectivity index (χ1) is 20.3. The van der Waals surface area contributed by atoms with E-state index in [9.17, 15) is 15.3 Å². The number of aliphatic hydroxyl groups excluding tert-OH is 2. The zero-order valence-corrected chi connectivity index (χ0v) is 28.7. The number of allylic oxidation sites excluding steroid dienone is 15. The summed E-state index contributed by atoms with van der Waals surface area (Å²) in [5.41, 5.74) is 6.63. The highest BCUT2D eigenvalue weighted by Gasteiger charge is 2.74. The molecule has 0 aromatic rings. The zero-order valence-electron chi connectivity index (χ0n) is 28.7. The predicted molar refractivity (Wildman–Crippen MR) is 184 cm³/mol. The Bertz CT molecular complexity index is 1360. The molecule has 3 fully saturated rings. The van der Waals surface area contributed by atoms with E-state index in [2.05, 4.69) is 110 Å². The second kappa shape index (κ2) is 13.7. The number of hydrogen-bond acceptors (Lipinski definition) is 4. The van der Waals surface area contributed by atoms with E-state index in [1.54, 1.807) is 6.92 Å². The lowest BCUT2D eigenvalue weighted by molar-refractivity contribution is -0.0268. The first-order valence-corrected chi connectivity index (χ1v) is 16.0. The van der Waals surface area contributed by atoms with Crippen LogP contribution >= 0.6 is 0 Å². The van der Waals surface area contributed by atoms with Crippen LogP contribution in [0.3, 0.4) is 0 Å². The fourth-order valence-corrected chi connectivity index (χ4v) is 7.25. The normalized spacial score (nSPS) is 34.7. The van der Waals surface area contributed by atoms with Crippen molar-refractivity contribution in [3.8, 4) is 0 Å². The molecule has 0 aromatic carbocycles. The van der Waals surface area contributed by atoms with Gasteiger partial charge in [0.15, 0.2) is 0 Å². The molecule has 5 atom stereocenters. The van der Waals surface area contributed by atoms with E-state index >= 15 is 0 Å². The molecule has 1 aliphatic heterocycles. The molecule has 0 bridgehead atoms. The van der Waals surface area contributed by atoms with Gasteiger partial charge in [-0.05, 0) is 77.5 Å². The summed E-state index contributed by atoms with van der Waals surface area (Å²) in [5.74, 6) is 0. The minimum atomic E-state index is -1.05. The Hall–Kier alpha value is -2.72. The Morgan fingerprint density at radius 1 is 0.682 bits per heavy atom. The van der Waals surface area contributed by atoms with Crippen molar-refractivity contribution in [2.75, 3.05) is 0 Å². The fraction of sp³-hybridized carbons (Fsp3) is 0.525. The van der Waals surface area contributed by atoms with E-state index in [4.69, 9.17) is 4.74 Å². The summed E-state index contributed by atoms with van der Waals surface area (Å²) in [5, 5.41) is 31.2. The Kier molecular flexibility index (Phi) is 11.2. The third-order valence-corrected chi connectivity index (χ3v) is 9.39. The first kappa shape index (κ1) is 35.8. The maximum atomic E-state index is 10.9. The van der Waals surface area contributed by atoms with Crippen LogP contribution in [0, 0.1) is 10.8 Å². The van der Waals surface area contributed by atoms with Gasteiger partial charge in [0.2, 0.25) is 0 Å². The van der Waals surface area contributed by atoms with E-state index in [1.165, 1.54) is 0 Å². The van der Waals surface area contributed by atoms with Crippen LogP contribution in [0.25, 0.3) is 0 Å². The maximum absolute atomic E-state index is 10.9. The second-order valence-corrected chi connectivity index (χ2v) is 15.0. The van der Waals surface area contributed by atoms with Crippen LogP contribution in [0.4, 0.5) is 0 Å². The third kappa shape index (κ3) is 8.71. The summed E-state index contributed by atoms with van der Waals surface area (Å²) in [6.07, 6.45) is 28.5. The van der Waals surface area contributed by atoms with Crippen LogP contribution in [0.2, 0.25) is 0 Å². The van der Waals surface area contributed by atoms with Crippen molar-refractivity contribution >= 4 is 0 Å². The monoisotopic (exact) mass is 600 g/mol. The molecule has 1 heterocycles. The highest BCUT2D eigenvalue weighted by Crippen LogP contribution is 2.66. The zero-order chi connectivity index (χ0) is 33.0. The fourth-order valence-electron chi connectivity index (χ4n) is 7.25. The van der Waals surface area contributed by atoms with Crippen molar-refractivity contribution in [2.45, 2.75) is 124 Å². The number of hydrogen-bond donors (Lipinski definition) is 3. The molecule has 3 N–H and O–H groups in total. The van der Waals surface area contributed by atoms with Crippen LogP contribution in [0.15, 0.2) is 113 Å². The lowest BCUT2D eigenvalue weighted by Gasteiger charge is -2.43. The summed E-state index contributed by atoms with van der Waals surface area (Å²) in [4.78, 5) is 0. The van der Waals surface area contributed by atoms with Crippen LogP contribution < -0.4 is 0 Å². The number of aliphatic hydroxyl groups is 3. The van der Waals surface area contributed by atoms with Gasteiger partial charge in [0.05, 0.1) is 17.8 Å². The molecule has 4 heteroatoms. The smallest absolute Gasteiger partial charge is 0.121 e. The predicted octanol–water partition coefficient (Wildman–Crippen LogP) is 8.72. The lowest BCUT2D eigenvalue weighted by atomic mass is 9.63. The highest BCUT2D eigenvalue weighted by atomic mass is 16.6. The van der Waals surface area contributed by atoms with Gasteiger partial charge in [-0.1, -0.05) is 111 Å². The van der Waals surface area contributed by atoms with Crippen molar-refractivity contribution in [1.29, 1.82) is 0 Å². The third-order valence-electron chi connectivity index (χ3n) is 9.39. The molecule has 5 unspecified atom stereocenters. The molecule has 44 heavy (non-hydrogen) atoms. The Morgan fingerprint density at radius 2 is 1.18 bits per heavy atom. The largest absolute Gasteiger partial charge is 0.393 e. The summed E-state index contributed by atoms with van der Waals surface area (Å²) in [6, 6.07) is 0. The maximum Gasteiger partial charge on any atom is 0.121 e. The number of rotatable bonds is 9.